The average molecular weight is 417 g/mol. The van der Waals surface area contributed by atoms with E-state index in [1.165, 1.54) is 0 Å². The van der Waals surface area contributed by atoms with Crippen LogP contribution in [0.15, 0.2) is 23.4 Å². The van der Waals surface area contributed by atoms with Crippen molar-refractivity contribution in [2.24, 2.45) is 0 Å². The number of carbonyl (C=O) groups excluding carboxylic acids is 1. The van der Waals surface area contributed by atoms with E-state index >= 15 is 0 Å². The molecule has 1 aliphatic heterocycles. The molecule has 1 saturated heterocycles. The number of carbonyl (C=O) groups is 1. The third kappa shape index (κ3) is 5.74. The van der Waals surface area contributed by atoms with Gasteiger partial charge in [-0.1, -0.05) is 12.8 Å². The predicted molar refractivity (Wildman–Crippen MR) is 110 cm³/mol. The number of hydroxylamine groups is 1. The van der Waals surface area contributed by atoms with Crippen LogP contribution in [-0.2, 0) is 16.1 Å². The number of morpholine rings is 1. The van der Waals surface area contributed by atoms with E-state index in [0.717, 1.165) is 19.3 Å². The lowest BCUT2D eigenvalue weighted by Crippen LogP contribution is -2.41. The lowest BCUT2D eigenvalue weighted by atomic mass is 10.1. The Balaban J connectivity index is 1.75. The molecule has 0 atom stereocenters. The van der Waals surface area contributed by atoms with Gasteiger partial charge < -0.3 is 19.9 Å². The highest BCUT2D eigenvalue weighted by Gasteiger charge is 2.19. The first-order chi connectivity index (χ1) is 14.6. The number of nitrogen functional groups attached to an aromatic ring is 1. The molecule has 30 heavy (non-hydrogen) atoms. The summed E-state index contributed by atoms with van der Waals surface area (Å²) in [5.41, 5.74) is 8.36. The highest BCUT2D eigenvalue weighted by atomic mass is 16.5. The van der Waals surface area contributed by atoms with Crippen LogP contribution < -0.4 is 21.7 Å². The number of nitrogens with one attached hydrogen (secondary N) is 1. The quantitative estimate of drug-likeness (QED) is 0.302. The van der Waals surface area contributed by atoms with Crippen LogP contribution in [0, 0.1) is 0 Å². The molecule has 3 rings (SSSR count). The van der Waals surface area contributed by atoms with Crippen molar-refractivity contribution in [2.45, 2.75) is 38.6 Å². The number of aryl methyl sites for hydroxylation is 1. The summed E-state index contributed by atoms with van der Waals surface area (Å²) in [5, 5.41) is 8.51. The Bertz CT molecular complexity index is 895. The topological polar surface area (TPSA) is 148 Å². The van der Waals surface area contributed by atoms with E-state index in [9.17, 15) is 9.59 Å². The Morgan fingerprint density at radius 3 is 2.57 bits per heavy atom. The summed E-state index contributed by atoms with van der Waals surface area (Å²) in [6.45, 7) is 2.86. The van der Waals surface area contributed by atoms with Crippen molar-refractivity contribution in [1.82, 2.24) is 25.0 Å². The van der Waals surface area contributed by atoms with E-state index in [4.69, 9.17) is 15.7 Å². The van der Waals surface area contributed by atoms with Gasteiger partial charge in [-0.2, -0.15) is 0 Å². The van der Waals surface area contributed by atoms with Crippen molar-refractivity contribution in [1.29, 1.82) is 0 Å². The zero-order valence-electron chi connectivity index (χ0n) is 16.8. The molecule has 3 heterocycles. The standard InChI is InChI=1S/C19H27N7O4/c20-19-21-11-14(12-22-19)15-13-26(6-4-2-1-3-5-16(27)24-29)18(28)17(23-15)25-7-9-30-10-8-25/h11-13,29H,1-10H2,(H,24,27)(H2,20,21,22). The second kappa shape index (κ2) is 10.6. The van der Waals surface area contributed by atoms with Crippen LogP contribution in [0.2, 0.25) is 0 Å². The van der Waals surface area contributed by atoms with Gasteiger partial charge in [-0.15, -0.1) is 0 Å². The number of rotatable bonds is 9. The first-order valence-electron chi connectivity index (χ1n) is 10.0. The molecule has 1 fully saturated rings. The van der Waals surface area contributed by atoms with Crippen LogP contribution in [0.4, 0.5) is 11.8 Å². The van der Waals surface area contributed by atoms with Crippen LogP contribution in [0.5, 0.6) is 0 Å². The number of nitrogens with zero attached hydrogens (tertiary/aromatic N) is 5. The summed E-state index contributed by atoms with van der Waals surface area (Å²) in [5.74, 6) is 0.188. The Kier molecular flexibility index (Phi) is 7.69. The molecule has 1 aliphatic rings. The molecule has 0 unspecified atom stereocenters. The number of hydrogen-bond donors (Lipinski definition) is 3. The molecule has 0 bridgehead atoms. The minimum atomic E-state index is -0.383. The highest BCUT2D eigenvalue weighted by Crippen LogP contribution is 2.18. The van der Waals surface area contributed by atoms with Crippen molar-refractivity contribution in [3.05, 3.63) is 28.9 Å². The van der Waals surface area contributed by atoms with Crippen molar-refractivity contribution in [3.8, 4) is 11.3 Å². The molecule has 1 amide bonds. The average Bonchev–Trinajstić information content (AvgIpc) is 2.78. The van der Waals surface area contributed by atoms with E-state index in [2.05, 4.69) is 15.0 Å². The van der Waals surface area contributed by atoms with Crippen molar-refractivity contribution < 1.29 is 14.7 Å². The van der Waals surface area contributed by atoms with Gasteiger partial charge in [-0.3, -0.25) is 14.8 Å². The number of anilines is 2. The molecule has 0 aliphatic carbocycles. The van der Waals surface area contributed by atoms with E-state index in [1.54, 1.807) is 28.6 Å². The number of hydrogen-bond acceptors (Lipinski definition) is 9. The van der Waals surface area contributed by atoms with Gasteiger partial charge in [0.1, 0.15) is 0 Å². The van der Waals surface area contributed by atoms with Crippen LogP contribution in [0.1, 0.15) is 32.1 Å². The maximum absolute atomic E-state index is 13.0. The van der Waals surface area contributed by atoms with Gasteiger partial charge in [0.25, 0.3) is 5.56 Å². The number of ether oxygens (including phenoxy) is 1. The summed E-state index contributed by atoms with van der Waals surface area (Å²) in [6.07, 6.45) is 8.36. The molecule has 2 aromatic heterocycles. The molecule has 0 aromatic carbocycles. The summed E-state index contributed by atoms with van der Waals surface area (Å²) < 4.78 is 7.06. The van der Waals surface area contributed by atoms with E-state index < -0.39 is 0 Å². The summed E-state index contributed by atoms with van der Waals surface area (Å²) in [4.78, 5) is 38.7. The summed E-state index contributed by atoms with van der Waals surface area (Å²) in [7, 11) is 0. The molecule has 0 saturated carbocycles. The minimum absolute atomic E-state index is 0.142. The second-order valence-corrected chi connectivity index (χ2v) is 7.08. The van der Waals surface area contributed by atoms with Gasteiger partial charge in [0.05, 0.1) is 18.9 Å². The number of aromatic nitrogens is 4. The molecule has 162 valence electrons. The normalized spacial score (nSPS) is 14.0. The fourth-order valence-corrected chi connectivity index (χ4v) is 3.26. The fraction of sp³-hybridized carbons (Fsp3) is 0.526. The van der Waals surface area contributed by atoms with Crippen LogP contribution in [0.25, 0.3) is 11.3 Å². The fourth-order valence-electron chi connectivity index (χ4n) is 3.26. The smallest absolute Gasteiger partial charge is 0.293 e. The second-order valence-electron chi connectivity index (χ2n) is 7.08. The molecule has 11 nitrogen and oxygen atoms in total. The maximum atomic E-state index is 13.0. The first-order valence-corrected chi connectivity index (χ1v) is 10.0. The highest BCUT2D eigenvalue weighted by molar-refractivity contribution is 5.74. The maximum Gasteiger partial charge on any atom is 0.293 e. The third-order valence-corrected chi connectivity index (χ3v) is 4.91. The van der Waals surface area contributed by atoms with Crippen molar-refractivity contribution >= 4 is 17.7 Å². The molecule has 0 radical (unpaired) electrons. The first kappa shape index (κ1) is 21.7. The Hall–Kier alpha value is -3.05. The SMILES string of the molecule is Nc1ncc(-c2cn(CCCCCCC(=O)NO)c(=O)c(N3CCOCC3)n2)cn1. The Labute approximate surface area is 173 Å². The zero-order valence-corrected chi connectivity index (χ0v) is 16.8. The van der Waals surface area contributed by atoms with E-state index in [0.29, 0.717) is 56.3 Å². The van der Waals surface area contributed by atoms with Gasteiger partial charge in [0.15, 0.2) is 5.82 Å². The van der Waals surface area contributed by atoms with E-state index in [-0.39, 0.29) is 23.8 Å². The van der Waals surface area contributed by atoms with Crippen molar-refractivity contribution in [3.63, 3.8) is 0 Å². The lowest BCUT2D eigenvalue weighted by molar-refractivity contribution is -0.129. The van der Waals surface area contributed by atoms with Gasteiger partial charge in [-0.25, -0.2) is 20.4 Å². The molecular formula is C19H27N7O4. The molecule has 2 aromatic rings. The van der Waals surface area contributed by atoms with Gasteiger partial charge in [0, 0.05) is 50.2 Å². The zero-order chi connectivity index (χ0) is 21.3. The predicted octanol–water partition coefficient (Wildman–Crippen LogP) is 0.575. The lowest BCUT2D eigenvalue weighted by Gasteiger charge is -2.28. The summed E-state index contributed by atoms with van der Waals surface area (Å²) in [6, 6.07) is 0. The minimum Gasteiger partial charge on any atom is -0.378 e. The Morgan fingerprint density at radius 1 is 1.17 bits per heavy atom. The third-order valence-electron chi connectivity index (χ3n) is 4.91. The van der Waals surface area contributed by atoms with Gasteiger partial charge in [-0.05, 0) is 12.8 Å². The number of amides is 1. The largest absolute Gasteiger partial charge is 0.378 e. The van der Waals surface area contributed by atoms with E-state index in [1.807, 2.05) is 4.90 Å². The number of unbranched alkanes of at least 4 members (excludes halogenated alkanes) is 3. The van der Waals surface area contributed by atoms with Crippen LogP contribution >= 0.6 is 0 Å². The molecule has 0 spiro atoms. The van der Waals surface area contributed by atoms with Gasteiger partial charge >= 0.3 is 0 Å². The number of nitrogens with two attached hydrogens (primary N) is 1. The Morgan fingerprint density at radius 2 is 1.87 bits per heavy atom. The van der Waals surface area contributed by atoms with Crippen LogP contribution in [0.3, 0.4) is 0 Å². The molecule has 11 heteroatoms. The van der Waals surface area contributed by atoms with Crippen LogP contribution in [-0.4, -0.2) is 56.9 Å². The molecule has 4 N–H and O–H groups in total. The molecular weight excluding hydrogens is 390 g/mol. The van der Waals surface area contributed by atoms with Crippen molar-refractivity contribution in [2.75, 3.05) is 36.9 Å². The van der Waals surface area contributed by atoms with Gasteiger partial charge in [0.2, 0.25) is 11.9 Å². The monoisotopic (exact) mass is 417 g/mol. The summed E-state index contributed by atoms with van der Waals surface area (Å²) >= 11 is 0.